The summed E-state index contributed by atoms with van der Waals surface area (Å²) >= 11 is 0. The number of ether oxygens (including phenoxy) is 1. The minimum absolute atomic E-state index is 0.116. The van der Waals surface area contributed by atoms with E-state index >= 15 is 0 Å². The second-order valence-electron chi connectivity index (χ2n) is 4.74. The van der Waals surface area contributed by atoms with Crippen LogP contribution >= 0.6 is 0 Å². The maximum absolute atomic E-state index is 10.9. The van der Waals surface area contributed by atoms with E-state index in [1.54, 1.807) is 0 Å². The quantitative estimate of drug-likeness (QED) is 0.789. The first-order chi connectivity index (χ1) is 8.69. The third-order valence-electron chi connectivity index (χ3n) is 3.06. The lowest BCUT2D eigenvalue weighted by Gasteiger charge is -2.07. The largest absolute Gasteiger partial charge is 0.381 e. The lowest BCUT2D eigenvalue weighted by atomic mass is 10.1. The Labute approximate surface area is 107 Å². The van der Waals surface area contributed by atoms with Crippen molar-refractivity contribution in [3.63, 3.8) is 0 Å². The molecule has 100 valence electrons. The van der Waals surface area contributed by atoms with Crippen LogP contribution in [0, 0.1) is 5.92 Å². The molecule has 1 aliphatic heterocycles. The number of primary amides is 1. The monoisotopic (exact) mass is 252 g/mol. The first-order valence-electron chi connectivity index (χ1n) is 6.47. The fourth-order valence-electron chi connectivity index (χ4n) is 2.20. The Morgan fingerprint density at radius 1 is 1.61 bits per heavy atom. The van der Waals surface area contributed by atoms with Crippen molar-refractivity contribution >= 4 is 5.91 Å². The van der Waals surface area contributed by atoms with Crippen molar-refractivity contribution in [1.29, 1.82) is 0 Å². The van der Waals surface area contributed by atoms with Crippen LogP contribution in [0.15, 0.2) is 0 Å². The SMILES string of the molecule is CCCn1nc(CC(N)=O)nc1C[C@H]1CCOC1. The summed E-state index contributed by atoms with van der Waals surface area (Å²) in [5.74, 6) is 1.61. The molecule has 1 fully saturated rings. The summed E-state index contributed by atoms with van der Waals surface area (Å²) in [5, 5.41) is 4.35. The second kappa shape index (κ2) is 5.95. The lowest BCUT2D eigenvalue weighted by molar-refractivity contribution is -0.117. The molecule has 0 radical (unpaired) electrons. The van der Waals surface area contributed by atoms with Gasteiger partial charge in [-0.25, -0.2) is 9.67 Å². The Balaban J connectivity index is 2.09. The van der Waals surface area contributed by atoms with Crippen molar-refractivity contribution in [3.8, 4) is 0 Å². The fourth-order valence-corrected chi connectivity index (χ4v) is 2.20. The molecule has 0 aromatic carbocycles. The van der Waals surface area contributed by atoms with Crippen LogP contribution in [0.4, 0.5) is 0 Å². The number of rotatable bonds is 6. The van der Waals surface area contributed by atoms with E-state index in [4.69, 9.17) is 10.5 Å². The predicted octanol–water partition coefficient (Wildman–Crippen LogP) is 0.295. The van der Waals surface area contributed by atoms with Gasteiger partial charge in [0.2, 0.25) is 5.91 Å². The van der Waals surface area contributed by atoms with Crippen LogP contribution in [0.3, 0.4) is 0 Å². The van der Waals surface area contributed by atoms with E-state index in [0.717, 1.165) is 44.8 Å². The van der Waals surface area contributed by atoms with Gasteiger partial charge in [-0.3, -0.25) is 4.79 Å². The van der Waals surface area contributed by atoms with Gasteiger partial charge in [0, 0.05) is 26.2 Å². The predicted molar refractivity (Wildman–Crippen MR) is 65.8 cm³/mol. The number of hydrogen-bond donors (Lipinski definition) is 1. The van der Waals surface area contributed by atoms with Gasteiger partial charge in [0.1, 0.15) is 5.82 Å². The third kappa shape index (κ3) is 3.29. The molecule has 1 aliphatic rings. The minimum atomic E-state index is -0.389. The molecule has 1 atom stereocenters. The van der Waals surface area contributed by atoms with E-state index in [-0.39, 0.29) is 12.3 Å². The molecule has 2 heterocycles. The van der Waals surface area contributed by atoms with Crippen LogP contribution in [-0.2, 0) is 28.9 Å². The zero-order valence-corrected chi connectivity index (χ0v) is 10.8. The highest BCUT2D eigenvalue weighted by Crippen LogP contribution is 2.17. The van der Waals surface area contributed by atoms with Gasteiger partial charge in [-0.15, -0.1) is 0 Å². The molecule has 1 aromatic heterocycles. The highest BCUT2D eigenvalue weighted by Gasteiger charge is 2.20. The number of nitrogens with zero attached hydrogens (tertiary/aromatic N) is 3. The van der Waals surface area contributed by atoms with Crippen LogP contribution in [-0.4, -0.2) is 33.9 Å². The summed E-state index contributed by atoms with van der Waals surface area (Å²) in [4.78, 5) is 15.3. The minimum Gasteiger partial charge on any atom is -0.381 e. The highest BCUT2D eigenvalue weighted by molar-refractivity contribution is 5.75. The van der Waals surface area contributed by atoms with E-state index in [9.17, 15) is 4.79 Å². The maximum Gasteiger partial charge on any atom is 0.225 e. The van der Waals surface area contributed by atoms with Gasteiger partial charge in [0.15, 0.2) is 5.82 Å². The molecule has 0 saturated carbocycles. The normalized spacial score (nSPS) is 19.3. The van der Waals surface area contributed by atoms with E-state index in [2.05, 4.69) is 17.0 Å². The zero-order chi connectivity index (χ0) is 13.0. The van der Waals surface area contributed by atoms with Crippen molar-refractivity contribution in [2.45, 2.75) is 39.2 Å². The summed E-state index contributed by atoms with van der Waals surface area (Å²) in [6.07, 6.45) is 3.05. The average Bonchev–Trinajstić information content (AvgIpc) is 2.90. The highest BCUT2D eigenvalue weighted by atomic mass is 16.5. The van der Waals surface area contributed by atoms with Crippen LogP contribution in [0.2, 0.25) is 0 Å². The molecule has 0 spiro atoms. The fraction of sp³-hybridized carbons (Fsp3) is 0.750. The van der Waals surface area contributed by atoms with Crippen molar-refractivity contribution in [2.75, 3.05) is 13.2 Å². The summed E-state index contributed by atoms with van der Waals surface area (Å²) in [5.41, 5.74) is 5.17. The van der Waals surface area contributed by atoms with Gasteiger partial charge in [0.05, 0.1) is 6.42 Å². The van der Waals surface area contributed by atoms with Crippen molar-refractivity contribution in [2.24, 2.45) is 11.7 Å². The molecule has 1 amide bonds. The zero-order valence-electron chi connectivity index (χ0n) is 10.8. The summed E-state index contributed by atoms with van der Waals surface area (Å²) < 4.78 is 7.27. The van der Waals surface area contributed by atoms with Crippen molar-refractivity contribution in [3.05, 3.63) is 11.6 Å². The van der Waals surface area contributed by atoms with Gasteiger partial charge in [-0.05, 0) is 18.8 Å². The van der Waals surface area contributed by atoms with E-state index in [1.165, 1.54) is 0 Å². The molecule has 2 N–H and O–H groups in total. The Morgan fingerprint density at radius 3 is 3.06 bits per heavy atom. The number of carbonyl (C=O) groups excluding carboxylic acids is 1. The van der Waals surface area contributed by atoms with E-state index < -0.39 is 0 Å². The van der Waals surface area contributed by atoms with Crippen LogP contribution in [0.25, 0.3) is 0 Å². The third-order valence-corrected chi connectivity index (χ3v) is 3.06. The molecule has 1 aromatic rings. The maximum atomic E-state index is 10.9. The smallest absolute Gasteiger partial charge is 0.225 e. The summed E-state index contributed by atoms with van der Waals surface area (Å²) in [7, 11) is 0. The number of nitrogens with two attached hydrogens (primary N) is 1. The number of carbonyl (C=O) groups is 1. The lowest BCUT2D eigenvalue weighted by Crippen LogP contribution is -2.14. The molecule has 1 saturated heterocycles. The van der Waals surface area contributed by atoms with Gasteiger partial charge < -0.3 is 10.5 Å². The van der Waals surface area contributed by atoms with Crippen LogP contribution in [0.1, 0.15) is 31.4 Å². The Hall–Kier alpha value is -1.43. The number of aromatic nitrogens is 3. The molecule has 0 bridgehead atoms. The van der Waals surface area contributed by atoms with E-state index in [0.29, 0.717) is 11.7 Å². The molecule has 6 heteroatoms. The second-order valence-corrected chi connectivity index (χ2v) is 4.74. The van der Waals surface area contributed by atoms with Crippen molar-refractivity contribution in [1.82, 2.24) is 14.8 Å². The Bertz CT molecular complexity index is 410. The Kier molecular flexibility index (Phi) is 4.30. The van der Waals surface area contributed by atoms with E-state index in [1.807, 2.05) is 4.68 Å². The number of hydrogen-bond acceptors (Lipinski definition) is 4. The van der Waals surface area contributed by atoms with Crippen LogP contribution < -0.4 is 5.73 Å². The molecule has 2 rings (SSSR count). The molecule has 18 heavy (non-hydrogen) atoms. The molecule has 0 unspecified atom stereocenters. The topological polar surface area (TPSA) is 83.0 Å². The van der Waals surface area contributed by atoms with Crippen molar-refractivity contribution < 1.29 is 9.53 Å². The Morgan fingerprint density at radius 2 is 2.44 bits per heavy atom. The van der Waals surface area contributed by atoms with Crippen LogP contribution in [0.5, 0.6) is 0 Å². The molecular weight excluding hydrogens is 232 g/mol. The summed E-state index contributed by atoms with van der Waals surface area (Å²) in [6.45, 7) is 4.55. The molecular formula is C12H20N4O2. The van der Waals surface area contributed by atoms with Gasteiger partial charge in [-0.1, -0.05) is 6.92 Å². The molecule has 6 nitrogen and oxygen atoms in total. The van der Waals surface area contributed by atoms with Gasteiger partial charge in [-0.2, -0.15) is 5.10 Å². The average molecular weight is 252 g/mol. The van der Waals surface area contributed by atoms with Gasteiger partial charge >= 0.3 is 0 Å². The standard InChI is InChI=1S/C12H20N4O2/c1-2-4-16-12(6-9-3-5-18-8-9)14-11(15-16)7-10(13)17/h9H,2-8H2,1H3,(H2,13,17)/t9-/m1/s1. The number of amides is 1. The molecule has 0 aliphatic carbocycles. The first-order valence-corrected chi connectivity index (χ1v) is 6.47. The summed E-state index contributed by atoms with van der Waals surface area (Å²) in [6, 6.07) is 0. The first kappa shape index (κ1) is 13.0. The number of aryl methyl sites for hydroxylation is 1. The van der Waals surface area contributed by atoms with Gasteiger partial charge in [0.25, 0.3) is 0 Å².